The summed E-state index contributed by atoms with van der Waals surface area (Å²) in [6.45, 7) is 4.47. The second kappa shape index (κ2) is 4.80. The highest BCUT2D eigenvalue weighted by molar-refractivity contribution is 5.35. The Kier molecular flexibility index (Phi) is 3.41. The Bertz CT molecular complexity index is 353. The van der Waals surface area contributed by atoms with Crippen LogP contribution in [0.5, 0.6) is 0 Å². The van der Waals surface area contributed by atoms with Crippen LogP contribution in [0.1, 0.15) is 18.9 Å². The summed E-state index contributed by atoms with van der Waals surface area (Å²) < 4.78 is 0. The van der Waals surface area contributed by atoms with E-state index in [4.69, 9.17) is 5.84 Å². The molecule has 1 aromatic rings. The number of hydrogen-bond donors (Lipinski definition) is 2. The molecule has 1 saturated carbocycles. The maximum absolute atomic E-state index is 5.33. The molecule has 1 fully saturated rings. The molecular formula is C12H20N4. The van der Waals surface area contributed by atoms with E-state index in [9.17, 15) is 0 Å². The van der Waals surface area contributed by atoms with Crippen LogP contribution in [-0.2, 0) is 6.54 Å². The zero-order chi connectivity index (χ0) is 11.5. The molecule has 4 heteroatoms. The van der Waals surface area contributed by atoms with E-state index >= 15 is 0 Å². The first kappa shape index (κ1) is 11.4. The van der Waals surface area contributed by atoms with Gasteiger partial charge in [0.2, 0.25) is 0 Å². The van der Waals surface area contributed by atoms with Crippen molar-refractivity contribution >= 4 is 5.82 Å². The fourth-order valence-electron chi connectivity index (χ4n) is 2.08. The third kappa shape index (κ3) is 2.93. The van der Waals surface area contributed by atoms with Crippen LogP contribution < -0.4 is 11.3 Å². The van der Waals surface area contributed by atoms with Crippen molar-refractivity contribution in [2.75, 3.05) is 19.0 Å². The minimum atomic E-state index is 0.727. The van der Waals surface area contributed by atoms with Gasteiger partial charge in [-0.05, 0) is 43.0 Å². The van der Waals surface area contributed by atoms with Crippen LogP contribution in [0.15, 0.2) is 18.3 Å². The first-order chi connectivity index (χ1) is 7.69. The SMILES string of the molecule is CC1CC1CN(C)Cc1ccnc(NN)c1. The van der Waals surface area contributed by atoms with Crippen molar-refractivity contribution in [3.8, 4) is 0 Å². The van der Waals surface area contributed by atoms with Crippen LogP contribution in [-0.4, -0.2) is 23.5 Å². The van der Waals surface area contributed by atoms with Gasteiger partial charge < -0.3 is 10.3 Å². The molecule has 1 heterocycles. The van der Waals surface area contributed by atoms with Crippen molar-refractivity contribution in [1.82, 2.24) is 9.88 Å². The molecule has 16 heavy (non-hydrogen) atoms. The second-order valence-corrected chi connectivity index (χ2v) is 4.86. The Balaban J connectivity index is 1.87. The summed E-state index contributed by atoms with van der Waals surface area (Å²) in [6.07, 6.45) is 3.18. The largest absolute Gasteiger partial charge is 0.308 e. The molecule has 2 unspecified atom stereocenters. The molecule has 0 aliphatic heterocycles. The van der Waals surface area contributed by atoms with Crippen LogP contribution in [0.3, 0.4) is 0 Å². The van der Waals surface area contributed by atoms with E-state index in [2.05, 4.69) is 29.3 Å². The van der Waals surface area contributed by atoms with Crippen LogP contribution in [0.2, 0.25) is 0 Å². The van der Waals surface area contributed by atoms with Crippen molar-refractivity contribution in [2.24, 2.45) is 17.7 Å². The summed E-state index contributed by atoms with van der Waals surface area (Å²) in [7, 11) is 2.17. The molecule has 1 aliphatic rings. The molecule has 0 bridgehead atoms. The Hall–Kier alpha value is -1.13. The molecule has 0 saturated heterocycles. The topological polar surface area (TPSA) is 54.2 Å². The highest BCUT2D eigenvalue weighted by atomic mass is 15.2. The Morgan fingerprint density at radius 3 is 3.00 bits per heavy atom. The average Bonchev–Trinajstić information content (AvgIpc) is 2.94. The Morgan fingerprint density at radius 1 is 1.62 bits per heavy atom. The molecule has 88 valence electrons. The van der Waals surface area contributed by atoms with E-state index in [1.807, 2.05) is 12.1 Å². The van der Waals surface area contributed by atoms with Gasteiger partial charge >= 0.3 is 0 Å². The van der Waals surface area contributed by atoms with Crippen molar-refractivity contribution in [1.29, 1.82) is 0 Å². The van der Waals surface area contributed by atoms with Crippen molar-refractivity contribution in [3.05, 3.63) is 23.9 Å². The molecule has 0 radical (unpaired) electrons. The van der Waals surface area contributed by atoms with Gasteiger partial charge in [0.15, 0.2) is 0 Å². The van der Waals surface area contributed by atoms with Crippen LogP contribution in [0.4, 0.5) is 5.82 Å². The number of nitrogen functional groups attached to an aromatic ring is 1. The predicted octanol–water partition coefficient (Wildman–Crippen LogP) is 1.45. The third-order valence-corrected chi connectivity index (χ3v) is 3.25. The van der Waals surface area contributed by atoms with Crippen molar-refractivity contribution in [2.45, 2.75) is 19.9 Å². The van der Waals surface area contributed by atoms with E-state index < -0.39 is 0 Å². The lowest BCUT2D eigenvalue weighted by atomic mass is 10.2. The summed E-state index contributed by atoms with van der Waals surface area (Å²) in [6, 6.07) is 4.03. The predicted molar refractivity (Wildman–Crippen MR) is 65.7 cm³/mol. The van der Waals surface area contributed by atoms with Gasteiger partial charge in [-0.1, -0.05) is 6.92 Å². The second-order valence-electron chi connectivity index (χ2n) is 4.86. The van der Waals surface area contributed by atoms with Gasteiger partial charge in [0, 0.05) is 19.3 Å². The number of nitrogens with two attached hydrogens (primary N) is 1. The lowest BCUT2D eigenvalue weighted by Gasteiger charge is -2.16. The van der Waals surface area contributed by atoms with Gasteiger partial charge in [-0.25, -0.2) is 10.8 Å². The third-order valence-electron chi connectivity index (χ3n) is 3.25. The summed E-state index contributed by atoms with van der Waals surface area (Å²) >= 11 is 0. The number of hydrazine groups is 1. The molecule has 0 amide bonds. The molecule has 0 spiro atoms. The van der Waals surface area contributed by atoms with Crippen LogP contribution >= 0.6 is 0 Å². The first-order valence-electron chi connectivity index (χ1n) is 5.79. The smallest absolute Gasteiger partial charge is 0.140 e. The maximum atomic E-state index is 5.33. The molecule has 1 aromatic heterocycles. The van der Waals surface area contributed by atoms with Crippen LogP contribution in [0.25, 0.3) is 0 Å². The average molecular weight is 220 g/mol. The van der Waals surface area contributed by atoms with Crippen molar-refractivity contribution in [3.63, 3.8) is 0 Å². The molecule has 4 nitrogen and oxygen atoms in total. The highest BCUT2D eigenvalue weighted by Gasteiger charge is 2.32. The molecule has 0 aromatic carbocycles. The highest BCUT2D eigenvalue weighted by Crippen LogP contribution is 2.38. The lowest BCUT2D eigenvalue weighted by molar-refractivity contribution is 0.307. The van der Waals surface area contributed by atoms with Crippen LogP contribution in [0, 0.1) is 11.8 Å². The van der Waals surface area contributed by atoms with Gasteiger partial charge in [0.1, 0.15) is 5.82 Å². The van der Waals surface area contributed by atoms with E-state index in [0.717, 1.165) is 24.2 Å². The zero-order valence-electron chi connectivity index (χ0n) is 9.98. The number of pyridine rings is 1. The number of rotatable bonds is 5. The summed E-state index contributed by atoms with van der Waals surface area (Å²) in [5.74, 6) is 7.88. The summed E-state index contributed by atoms with van der Waals surface area (Å²) in [4.78, 5) is 6.46. The number of aromatic nitrogens is 1. The van der Waals surface area contributed by atoms with E-state index in [1.54, 1.807) is 6.20 Å². The molecule has 1 aliphatic carbocycles. The molecular weight excluding hydrogens is 200 g/mol. The fraction of sp³-hybridized carbons (Fsp3) is 0.583. The molecule has 2 rings (SSSR count). The molecule has 2 atom stereocenters. The van der Waals surface area contributed by atoms with Gasteiger partial charge in [-0.2, -0.15) is 0 Å². The number of hydrogen-bond acceptors (Lipinski definition) is 4. The zero-order valence-corrected chi connectivity index (χ0v) is 9.98. The summed E-state index contributed by atoms with van der Waals surface area (Å²) in [5, 5.41) is 0. The summed E-state index contributed by atoms with van der Waals surface area (Å²) in [5.41, 5.74) is 3.82. The Labute approximate surface area is 96.8 Å². The quantitative estimate of drug-likeness (QED) is 0.582. The number of anilines is 1. The van der Waals surface area contributed by atoms with Crippen molar-refractivity contribution < 1.29 is 0 Å². The normalized spacial score (nSPS) is 23.5. The number of nitrogens with zero attached hydrogens (tertiary/aromatic N) is 2. The van der Waals surface area contributed by atoms with Gasteiger partial charge in [0.25, 0.3) is 0 Å². The lowest BCUT2D eigenvalue weighted by Crippen LogP contribution is -2.21. The first-order valence-corrected chi connectivity index (χ1v) is 5.79. The van der Waals surface area contributed by atoms with Gasteiger partial charge in [-0.3, -0.25) is 0 Å². The van der Waals surface area contributed by atoms with Gasteiger partial charge in [-0.15, -0.1) is 0 Å². The monoisotopic (exact) mass is 220 g/mol. The Morgan fingerprint density at radius 2 is 2.38 bits per heavy atom. The number of nitrogens with one attached hydrogen (secondary N) is 1. The van der Waals surface area contributed by atoms with Gasteiger partial charge in [0.05, 0.1) is 0 Å². The minimum Gasteiger partial charge on any atom is -0.308 e. The van der Waals surface area contributed by atoms with E-state index in [-0.39, 0.29) is 0 Å². The maximum Gasteiger partial charge on any atom is 0.140 e. The van der Waals surface area contributed by atoms with E-state index in [0.29, 0.717) is 0 Å². The van der Waals surface area contributed by atoms with E-state index in [1.165, 1.54) is 18.5 Å². The minimum absolute atomic E-state index is 0.727. The fourth-order valence-corrected chi connectivity index (χ4v) is 2.08. The molecule has 3 N–H and O–H groups in total. The standard InChI is InChI=1S/C12H20N4/c1-9-5-11(9)8-16(2)7-10-3-4-14-12(6-10)15-13/h3-4,6,9,11H,5,7-8,13H2,1-2H3,(H,14,15).